The summed E-state index contributed by atoms with van der Waals surface area (Å²) in [6.07, 6.45) is 1.30. The summed E-state index contributed by atoms with van der Waals surface area (Å²) in [4.78, 5) is 14.0. The zero-order valence-electron chi connectivity index (χ0n) is 21.3. The molecule has 2 nitrogen and oxygen atoms in total. The van der Waals surface area contributed by atoms with Crippen molar-refractivity contribution in [2.24, 2.45) is 0 Å². The predicted octanol–water partition coefficient (Wildman–Crippen LogP) is 6.78. The third-order valence-corrected chi connectivity index (χ3v) is 11.8. The summed E-state index contributed by atoms with van der Waals surface area (Å²) in [6.45, 7) is 10.9. The first-order chi connectivity index (χ1) is 17.4. The molecule has 36 heavy (non-hydrogen) atoms. The molecule has 0 N–H and O–H groups in total. The van der Waals surface area contributed by atoms with E-state index in [-0.39, 0.29) is 10.8 Å². The molecule has 0 aliphatic carbocycles. The highest BCUT2D eigenvalue weighted by Gasteiger charge is 2.52. The van der Waals surface area contributed by atoms with Crippen LogP contribution in [0.4, 0.5) is 0 Å². The molecular weight excluding hydrogens is 456 g/mol. The molecule has 4 rings (SSSR count). The van der Waals surface area contributed by atoms with Gasteiger partial charge in [0, 0.05) is 5.56 Å². The molecule has 2 unspecified atom stereocenters. The van der Waals surface area contributed by atoms with E-state index in [9.17, 15) is 4.79 Å². The highest BCUT2D eigenvalue weighted by molar-refractivity contribution is 6.99. The first-order valence-corrected chi connectivity index (χ1v) is 14.3. The average Bonchev–Trinajstić information content (AvgIpc) is 2.92. The Morgan fingerprint density at radius 1 is 0.722 bits per heavy atom. The van der Waals surface area contributed by atoms with E-state index < -0.39 is 20.3 Å². The quantitative estimate of drug-likeness (QED) is 0.147. The van der Waals surface area contributed by atoms with Gasteiger partial charge < -0.3 is 4.43 Å². The van der Waals surface area contributed by atoms with Crippen LogP contribution in [0.15, 0.2) is 134 Å². The van der Waals surface area contributed by atoms with Crippen LogP contribution in [0.25, 0.3) is 0 Å². The van der Waals surface area contributed by atoms with Gasteiger partial charge in [0.25, 0.3) is 8.32 Å². The molecule has 0 fully saturated rings. The molecule has 0 heterocycles. The van der Waals surface area contributed by atoms with Crippen LogP contribution >= 0.6 is 0 Å². The Labute approximate surface area is 216 Å². The van der Waals surface area contributed by atoms with Crippen molar-refractivity contribution in [1.82, 2.24) is 0 Å². The molecule has 182 valence electrons. The third kappa shape index (κ3) is 5.04. The van der Waals surface area contributed by atoms with Crippen LogP contribution in [-0.2, 0) is 4.43 Å². The molecule has 0 aliphatic rings. The Kier molecular flexibility index (Phi) is 7.83. The van der Waals surface area contributed by atoms with E-state index >= 15 is 0 Å². The largest absolute Gasteiger partial charge is 0.400 e. The molecule has 4 aromatic carbocycles. The minimum atomic E-state index is -2.90. The van der Waals surface area contributed by atoms with Crippen molar-refractivity contribution in [3.63, 3.8) is 0 Å². The fraction of sp³-hybridized carbons (Fsp3) is 0.182. The van der Waals surface area contributed by atoms with Crippen LogP contribution in [-0.4, -0.2) is 20.2 Å². The minimum Gasteiger partial charge on any atom is -0.400 e. The number of hydrogen-bond donors (Lipinski definition) is 0. The van der Waals surface area contributed by atoms with Crippen molar-refractivity contribution >= 4 is 24.5 Å². The molecule has 0 spiro atoms. The predicted molar refractivity (Wildman–Crippen MR) is 153 cm³/mol. The molecule has 0 saturated heterocycles. The number of ketones is 1. The van der Waals surface area contributed by atoms with Crippen molar-refractivity contribution < 1.29 is 9.22 Å². The van der Waals surface area contributed by atoms with E-state index in [0.717, 1.165) is 5.56 Å². The second kappa shape index (κ2) is 11.0. The molecule has 0 radical (unpaired) electrons. The Bertz CT molecular complexity index is 1220. The number of carbonyl (C=O) groups excluding carboxylic acids is 1. The van der Waals surface area contributed by atoms with Gasteiger partial charge in [-0.3, -0.25) is 4.79 Å². The maximum Gasteiger partial charge on any atom is 0.261 e. The molecular formula is C33H34O2Si. The smallest absolute Gasteiger partial charge is 0.261 e. The lowest BCUT2D eigenvalue weighted by Crippen LogP contribution is -2.68. The van der Waals surface area contributed by atoms with Crippen molar-refractivity contribution in [1.29, 1.82) is 0 Å². The summed E-state index contributed by atoms with van der Waals surface area (Å²) in [5.74, 6) is -0.489. The van der Waals surface area contributed by atoms with Gasteiger partial charge in [0.15, 0.2) is 5.78 Å². The van der Waals surface area contributed by atoms with Gasteiger partial charge in [0.1, 0.15) is 0 Å². The van der Waals surface area contributed by atoms with E-state index in [4.69, 9.17) is 4.43 Å². The summed E-state index contributed by atoms with van der Waals surface area (Å²) >= 11 is 0. The van der Waals surface area contributed by atoms with Gasteiger partial charge in [-0.25, -0.2) is 0 Å². The molecule has 0 aliphatic heterocycles. The monoisotopic (exact) mass is 490 g/mol. The molecule has 0 aromatic heterocycles. The maximum atomic E-state index is 14.0. The molecule has 0 amide bonds. The standard InChI is InChI=1S/C33H34O2Si/c1-5-30(31(26-18-10-6-11-19-26)32(34)27-20-12-7-13-21-27)35-36(33(2,3)4,28-22-14-8-15-23-28)29-24-16-9-17-25-29/h5-25,30-31H,1H2,2-4H3. The van der Waals surface area contributed by atoms with Gasteiger partial charge in [-0.1, -0.05) is 148 Å². The molecule has 4 aromatic rings. The molecule has 0 saturated carbocycles. The van der Waals surface area contributed by atoms with E-state index in [1.807, 2.05) is 78.9 Å². The van der Waals surface area contributed by atoms with Gasteiger partial charge in [-0.05, 0) is 21.0 Å². The van der Waals surface area contributed by atoms with E-state index in [1.54, 1.807) is 0 Å². The zero-order chi connectivity index (χ0) is 25.6. The zero-order valence-corrected chi connectivity index (χ0v) is 22.3. The van der Waals surface area contributed by atoms with Crippen molar-refractivity contribution in [3.05, 3.63) is 145 Å². The Morgan fingerprint density at radius 3 is 1.56 bits per heavy atom. The first kappa shape index (κ1) is 25.6. The van der Waals surface area contributed by atoms with Crippen LogP contribution in [0.1, 0.15) is 42.6 Å². The molecule has 3 heteroatoms. The lowest BCUT2D eigenvalue weighted by molar-refractivity contribution is 0.0885. The topological polar surface area (TPSA) is 26.3 Å². The number of Topliss-reactive ketones (excluding diaryl/α,β-unsaturated/α-hetero) is 1. The van der Waals surface area contributed by atoms with Crippen LogP contribution in [0.5, 0.6) is 0 Å². The second-order valence-corrected chi connectivity index (χ2v) is 14.4. The van der Waals surface area contributed by atoms with Crippen molar-refractivity contribution in [3.8, 4) is 0 Å². The summed E-state index contributed by atoms with van der Waals surface area (Å²) in [5.41, 5.74) is 1.60. The SMILES string of the molecule is C=CC(O[Si](c1ccccc1)(c1ccccc1)C(C)(C)C)C(C(=O)c1ccccc1)c1ccccc1. The number of hydrogen-bond acceptors (Lipinski definition) is 2. The minimum absolute atomic E-state index is 0.0321. The van der Waals surface area contributed by atoms with Gasteiger partial charge in [0.05, 0.1) is 12.0 Å². The lowest BCUT2D eigenvalue weighted by atomic mass is 9.86. The molecule has 0 bridgehead atoms. The van der Waals surface area contributed by atoms with Crippen molar-refractivity contribution in [2.45, 2.75) is 37.8 Å². The fourth-order valence-corrected chi connectivity index (χ4v) is 9.74. The fourth-order valence-electron chi connectivity index (χ4n) is 5.08. The van der Waals surface area contributed by atoms with Crippen LogP contribution in [0, 0.1) is 0 Å². The Morgan fingerprint density at radius 2 is 1.14 bits per heavy atom. The summed E-state index contributed by atoms with van der Waals surface area (Å²) in [7, 11) is -2.90. The van der Waals surface area contributed by atoms with E-state index in [2.05, 4.69) is 75.9 Å². The van der Waals surface area contributed by atoms with Crippen LogP contribution in [0.3, 0.4) is 0 Å². The number of benzene rings is 4. The highest BCUT2D eigenvalue weighted by Crippen LogP contribution is 2.40. The lowest BCUT2D eigenvalue weighted by Gasteiger charge is -2.46. The summed E-state index contributed by atoms with van der Waals surface area (Å²) in [5, 5.41) is 2.14. The van der Waals surface area contributed by atoms with Gasteiger partial charge in [-0.2, -0.15) is 0 Å². The Hall–Kier alpha value is -3.53. The third-order valence-electron chi connectivity index (χ3n) is 6.79. The van der Waals surface area contributed by atoms with E-state index in [0.29, 0.717) is 5.56 Å². The maximum absolute atomic E-state index is 14.0. The molecule has 2 atom stereocenters. The number of rotatable bonds is 9. The second-order valence-electron chi connectivity index (χ2n) is 10.1. The Balaban J connectivity index is 1.91. The van der Waals surface area contributed by atoms with Crippen LogP contribution < -0.4 is 10.4 Å². The number of carbonyl (C=O) groups is 1. The summed E-state index contributed by atoms with van der Waals surface area (Å²) < 4.78 is 7.38. The van der Waals surface area contributed by atoms with Crippen molar-refractivity contribution in [2.75, 3.05) is 0 Å². The van der Waals surface area contributed by atoms with Gasteiger partial charge in [0.2, 0.25) is 0 Å². The summed E-state index contributed by atoms with van der Waals surface area (Å²) in [6, 6.07) is 40.5. The normalized spacial score (nSPS) is 13.5. The van der Waals surface area contributed by atoms with Gasteiger partial charge >= 0.3 is 0 Å². The average molecular weight is 491 g/mol. The van der Waals surface area contributed by atoms with Gasteiger partial charge in [-0.15, -0.1) is 6.58 Å². The van der Waals surface area contributed by atoms with Crippen LogP contribution in [0.2, 0.25) is 5.04 Å². The van der Waals surface area contributed by atoms with E-state index in [1.165, 1.54) is 10.4 Å². The first-order valence-electron chi connectivity index (χ1n) is 12.4. The highest BCUT2D eigenvalue weighted by atomic mass is 28.4.